The van der Waals surface area contributed by atoms with Crippen LogP contribution in [0.15, 0.2) is 41.5 Å². The summed E-state index contributed by atoms with van der Waals surface area (Å²) in [5.41, 5.74) is 5.35. The molecule has 2 saturated heterocycles. The lowest BCUT2D eigenvalue weighted by Gasteiger charge is -2.43. The number of aliphatic carboxylic acids is 1. The van der Waals surface area contributed by atoms with Crippen molar-refractivity contribution in [3.63, 3.8) is 0 Å². The molecule has 2 aliphatic rings. The smallest absolute Gasteiger partial charge is 0.362 e. The Morgan fingerprint density at radius 3 is 2.62 bits per heavy atom. The molecule has 2 amide bonds. The third kappa shape index (κ3) is 8.17. The van der Waals surface area contributed by atoms with E-state index in [-0.39, 0.29) is 39.3 Å². The average Bonchev–Trinajstić information content (AvgIpc) is 3.73. The summed E-state index contributed by atoms with van der Waals surface area (Å²) < 4.78 is 40.1. The van der Waals surface area contributed by atoms with Crippen LogP contribution in [0.25, 0.3) is 0 Å². The summed E-state index contributed by atoms with van der Waals surface area (Å²) in [6.07, 6.45) is 3.71. The molecule has 3 aromatic heterocycles. The van der Waals surface area contributed by atoms with E-state index in [1.807, 2.05) is 0 Å². The minimum absolute atomic E-state index is 0.0277. The zero-order valence-electron chi connectivity index (χ0n) is 24.8. The van der Waals surface area contributed by atoms with E-state index in [1.54, 1.807) is 0 Å². The van der Waals surface area contributed by atoms with Gasteiger partial charge in [-0.3, -0.25) is 24.2 Å². The van der Waals surface area contributed by atoms with Crippen LogP contribution in [0.5, 0.6) is 5.75 Å². The number of nitrogens with zero attached hydrogens (tertiary/aromatic N) is 7. The number of carbonyl (C=O) groups excluding carboxylic acids is 2. The number of aromatic nitrogens is 5. The number of amidine groups is 1. The number of carbonyl (C=O) groups is 3. The molecule has 23 heteroatoms. The quantitative estimate of drug-likeness (QED) is 0.0308. The maximum atomic E-state index is 13.4. The number of hydrogen-bond donors (Lipinski definition) is 7. The molecular formula is C25H30N12O9S2. The number of nitrogens with two attached hydrogens (primary N) is 1. The zero-order chi connectivity index (χ0) is 34.4. The number of hydrogen-bond acceptors (Lipinski definition) is 16. The van der Waals surface area contributed by atoms with Crippen LogP contribution in [-0.2, 0) is 36.1 Å². The minimum Gasteiger partial charge on any atom is -0.487 e. The Morgan fingerprint density at radius 1 is 1.25 bits per heavy atom. The zero-order valence-corrected chi connectivity index (χ0v) is 26.4. The van der Waals surface area contributed by atoms with Crippen molar-refractivity contribution in [2.75, 3.05) is 25.4 Å². The number of anilines is 1. The standard InChI is InChI=1S/C25H30N12O9S2/c26-21(32-13-3-5-28-6-4-13)15-2-1-14(7-30-15)45-9-18(24(40)41)46-35-19(16-10-47-25(27)33-16)22(38)34-20-17(8-36-12-29-11-31-36)37(23(20)39)48(42,43)44/h1-2,7,10-13,17-18,20,28H,3-6,8-9H2,(H2,26,32)(H2,27,33)(H,34,38)(H,40,41)(H,42,43,44)/b35-19-/t17-,18-,20?/m0/s1. The second-order valence-corrected chi connectivity index (χ2v) is 12.6. The molecule has 0 aromatic carbocycles. The molecule has 0 saturated carbocycles. The van der Waals surface area contributed by atoms with E-state index >= 15 is 0 Å². The molecule has 3 aromatic rings. The monoisotopic (exact) mass is 706 g/mol. The number of oxime groups is 1. The predicted molar refractivity (Wildman–Crippen MR) is 165 cm³/mol. The van der Waals surface area contributed by atoms with Crippen LogP contribution < -0.4 is 26.4 Å². The van der Waals surface area contributed by atoms with Gasteiger partial charge in [-0.05, 0) is 38.1 Å². The molecule has 2 fully saturated rings. The highest BCUT2D eigenvalue weighted by Gasteiger charge is 2.54. The van der Waals surface area contributed by atoms with Gasteiger partial charge in [0, 0.05) is 11.4 Å². The summed E-state index contributed by atoms with van der Waals surface area (Å²) >= 11 is 0.931. The van der Waals surface area contributed by atoms with Crippen molar-refractivity contribution in [2.45, 2.75) is 43.6 Å². The first-order chi connectivity index (χ1) is 22.9. The molecule has 2 aliphatic heterocycles. The highest BCUT2D eigenvalue weighted by molar-refractivity contribution is 7.84. The van der Waals surface area contributed by atoms with Crippen molar-refractivity contribution in [3.05, 3.63) is 47.8 Å². The van der Waals surface area contributed by atoms with Crippen LogP contribution in [0.1, 0.15) is 24.2 Å². The fourth-order valence-electron chi connectivity index (χ4n) is 4.76. The lowest BCUT2D eigenvalue weighted by molar-refractivity contribution is -0.152. The number of pyridine rings is 1. The first kappa shape index (κ1) is 34.1. The van der Waals surface area contributed by atoms with E-state index in [1.165, 1.54) is 34.7 Å². The van der Waals surface area contributed by atoms with Crippen molar-refractivity contribution in [2.24, 2.45) is 5.16 Å². The van der Waals surface area contributed by atoms with Gasteiger partial charge < -0.3 is 36.4 Å². The Labute approximate surface area is 275 Å². The Hall–Kier alpha value is -5.26. The molecule has 5 heterocycles. The lowest BCUT2D eigenvalue weighted by atomic mass is 9.98. The first-order valence-electron chi connectivity index (χ1n) is 14.2. The van der Waals surface area contributed by atoms with Gasteiger partial charge in [0.2, 0.25) is 0 Å². The molecule has 48 heavy (non-hydrogen) atoms. The summed E-state index contributed by atoms with van der Waals surface area (Å²) in [5.74, 6) is -3.44. The highest BCUT2D eigenvalue weighted by Crippen LogP contribution is 2.25. The summed E-state index contributed by atoms with van der Waals surface area (Å²) in [6.45, 7) is 0.858. The summed E-state index contributed by atoms with van der Waals surface area (Å²) in [7, 11) is -4.99. The van der Waals surface area contributed by atoms with Gasteiger partial charge in [-0.25, -0.2) is 24.1 Å². The number of carboxylic acid groups (broad SMARTS) is 1. The number of rotatable bonds is 14. The van der Waals surface area contributed by atoms with Gasteiger partial charge in [0.25, 0.3) is 17.9 Å². The fraction of sp³-hybridized carbons (Fsp3) is 0.400. The Balaban J connectivity index is 1.26. The van der Waals surface area contributed by atoms with Crippen molar-refractivity contribution in [3.8, 4) is 5.75 Å². The third-order valence-electron chi connectivity index (χ3n) is 7.15. The molecule has 256 valence electrons. The molecular weight excluding hydrogens is 676 g/mol. The molecule has 0 radical (unpaired) electrons. The first-order valence-corrected chi connectivity index (χ1v) is 16.5. The largest absolute Gasteiger partial charge is 0.487 e. The van der Waals surface area contributed by atoms with Gasteiger partial charge in [-0.2, -0.15) is 13.5 Å². The average molecular weight is 707 g/mol. The van der Waals surface area contributed by atoms with E-state index in [4.69, 9.17) is 20.7 Å². The number of thiazole rings is 1. The van der Waals surface area contributed by atoms with Crippen molar-refractivity contribution >= 4 is 56.1 Å². The third-order valence-corrected chi connectivity index (χ3v) is 8.77. The van der Waals surface area contributed by atoms with E-state index in [9.17, 15) is 32.5 Å². The lowest BCUT2D eigenvalue weighted by Crippen LogP contribution is -2.73. The number of nitrogen functional groups attached to an aromatic ring is 1. The van der Waals surface area contributed by atoms with Gasteiger partial charge in [0.15, 0.2) is 10.8 Å². The van der Waals surface area contributed by atoms with E-state index in [0.717, 1.165) is 43.6 Å². The molecule has 0 bridgehead atoms. The normalized spacial score (nSPS) is 19.2. The van der Waals surface area contributed by atoms with Gasteiger partial charge in [-0.1, -0.05) is 5.16 Å². The molecule has 0 spiro atoms. The molecule has 5 rings (SSSR count). The maximum absolute atomic E-state index is 13.4. The van der Waals surface area contributed by atoms with E-state index < -0.39 is 58.6 Å². The number of piperidine rings is 1. The van der Waals surface area contributed by atoms with Gasteiger partial charge in [0.1, 0.15) is 48.3 Å². The fourth-order valence-corrected chi connectivity index (χ4v) is 6.18. The second kappa shape index (κ2) is 14.7. The van der Waals surface area contributed by atoms with Gasteiger partial charge in [0.05, 0.1) is 18.8 Å². The van der Waals surface area contributed by atoms with Crippen LogP contribution in [-0.4, -0.2) is 120 Å². The van der Waals surface area contributed by atoms with E-state index in [2.05, 4.69) is 41.2 Å². The van der Waals surface area contributed by atoms with Crippen LogP contribution in [0, 0.1) is 5.41 Å². The van der Waals surface area contributed by atoms with Crippen LogP contribution in [0.2, 0.25) is 0 Å². The van der Waals surface area contributed by atoms with Crippen molar-refractivity contribution < 1.29 is 42.0 Å². The molecule has 3 atom stereocenters. The molecule has 21 nitrogen and oxygen atoms in total. The second-order valence-electron chi connectivity index (χ2n) is 10.4. The van der Waals surface area contributed by atoms with Crippen LogP contribution >= 0.6 is 11.3 Å². The minimum atomic E-state index is -4.99. The SMILES string of the molecule is N=C(NC1CCNCC1)c1ccc(OC[C@H](O/N=C(\C(=O)NC2C(=O)N(S(=O)(=O)O)[C@H]2Cn2cncn2)c2csc(N)n2)C(=O)O)cn1. The Bertz CT molecular complexity index is 1780. The maximum Gasteiger partial charge on any atom is 0.362 e. The molecule has 8 N–H and O–H groups in total. The Kier molecular flexibility index (Phi) is 10.4. The number of amides is 2. The number of nitrogens with one attached hydrogen (secondary N) is 4. The molecule has 0 aliphatic carbocycles. The van der Waals surface area contributed by atoms with Gasteiger partial charge in [-0.15, -0.1) is 11.3 Å². The number of ether oxygens (including phenoxy) is 1. The van der Waals surface area contributed by atoms with Crippen molar-refractivity contribution in [1.29, 1.82) is 5.41 Å². The van der Waals surface area contributed by atoms with Crippen molar-refractivity contribution in [1.82, 2.24) is 45.0 Å². The topological polar surface area (TPSA) is 302 Å². The van der Waals surface area contributed by atoms with Crippen LogP contribution in [0.3, 0.4) is 0 Å². The summed E-state index contributed by atoms with van der Waals surface area (Å²) in [4.78, 5) is 55.1. The Morgan fingerprint density at radius 2 is 2.02 bits per heavy atom. The number of carboxylic acids is 1. The van der Waals surface area contributed by atoms with Gasteiger partial charge >= 0.3 is 16.3 Å². The summed E-state index contributed by atoms with van der Waals surface area (Å²) in [6, 6.07) is 0.415. The summed E-state index contributed by atoms with van der Waals surface area (Å²) in [5, 5.41) is 35.6. The van der Waals surface area contributed by atoms with E-state index in [0.29, 0.717) is 5.69 Å². The predicted octanol–water partition coefficient (Wildman–Crippen LogP) is -2.17. The molecule has 1 unspecified atom stereocenters. The highest BCUT2D eigenvalue weighted by atomic mass is 32.2. The number of β-lactam (4-membered cyclic amide) rings is 1. The van der Waals surface area contributed by atoms with Crippen LogP contribution in [0.4, 0.5) is 5.13 Å².